The molecule has 0 atom stereocenters. The number of phenolic OH excluding ortho intramolecular Hbond substituents is 1. The second-order valence-corrected chi connectivity index (χ2v) is 5.28. The van der Waals surface area contributed by atoms with E-state index < -0.39 is 0 Å². The van der Waals surface area contributed by atoms with Crippen LogP contribution in [-0.4, -0.2) is 18.0 Å². The third-order valence-corrected chi connectivity index (χ3v) is 3.66. The Morgan fingerprint density at radius 2 is 1.58 bits per heavy atom. The highest BCUT2D eigenvalue weighted by molar-refractivity contribution is 6.10. The summed E-state index contributed by atoms with van der Waals surface area (Å²) in [6.07, 6.45) is 0. The lowest BCUT2D eigenvalue weighted by atomic mass is 10.0. The zero-order valence-corrected chi connectivity index (χ0v) is 13.2. The van der Waals surface area contributed by atoms with E-state index in [1.807, 2.05) is 30.3 Å². The van der Waals surface area contributed by atoms with Crippen molar-refractivity contribution in [2.75, 3.05) is 12.4 Å². The number of ketones is 1. The molecule has 3 aromatic carbocycles. The third-order valence-electron chi connectivity index (χ3n) is 3.66. The van der Waals surface area contributed by atoms with Crippen LogP contribution < -0.4 is 10.1 Å². The molecule has 0 aromatic heterocycles. The summed E-state index contributed by atoms with van der Waals surface area (Å²) in [7, 11) is 1.61. The van der Waals surface area contributed by atoms with Crippen LogP contribution in [0.25, 0.3) is 0 Å². The van der Waals surface area contributed by atoms with Gasteiger partial charge in [-0.1, -0.05) is 30.3 Å². The first kappa shape index (κ1) is 15.6. The molecule has 0 amide bonds. The average Bonchev–Trinajstić information content (AvgIpc) is 2.63. The highest BCUT2D eigenvalue weighted by atomic mass is 16.5. The third kappa shape index (κ3) is 3.38. The van der Waals surface area contributed by atoms with Crippen molar-refractivity contribution < 1.29 is 14.6 Å². The van der Waals surface area contributed by atoms with Crippen molar-refractivity contribution in [2.45, 2.75) is 0 Å². The lowest BCUT2D eigenvalue weighted by molar-refractivity contribution is 0.103. The number of hydrogen-bond donors (Lipinski definition) is 2. The largest absolute Gasteiger partial charge is 0.507 e. The topological polar surface area (TPSA) is 58.6 Å². The van der Waals surface area contributed by atoms with Gasteiger partial charge >= 0.3 is 0 Å². The minimum atomic E-state index is -0.205. The van der Waals surface area contributed by atoms with Gasteiger partial charge in [0.1, 0.15) is 11.5 Å². The van der Waals surface area contributed by atoms with E-state index in [0.717, 1.165) is 11.4 Å². The zero-order valence-electron chi connectivity index (χ0n) is 13.2. The summed E-state index contributed by atoms with van der Waals surface area (Å²) in [5, 5.41) is 13.4. The van der Waals surface area contributed by atoms with Gasteiger partial charge in [-0.05, 0) is 36.4 Å². The lowest BCUT2D eigenvalue weighted by Crippen LogP contribution is -2.02. The van der Waals surface area contributed by atoms with Gasteiger partial charge in [-0.3, -0.25) is 4.79 Å². The number of anilines is 2. The molecule has 0 saturated heterocycles. The van der Waals surface area contributed by atoms with Crippen molar-refractivity contribution in [3.05, 3.63) is 83.9 Å². The normalized spacial score (nSPS) is 10.2. The predicted molar refractivity (Wildman–Crippen MR) is 94.3 cm³/mol. The number of rotatable bonds is 5. The van der Waals surface area contributed by atoms with Crippen LogP contribution in [0.2, 0.25) is 0 Å². The molecule has 0 heterocycles. The van der Waals surface area contributed by atoms with Crippen LogP contribution >= 0.6 is 0 Å². The van der Waals surface area contributed by atoms with Gasteiger partial charge in [0.25, 0.3) is 0 Å². The van der Waals surface area contributed by atoms with Crippen LogP contribution in [0.3, 0.4) is 0 Å². The maximum Gasteiger partial charge on any atom is 0.196 e. The zero-order chi connectivity index (χ0) is 16.9. The summed E-state index contributed by atoms with van der Waals surface area (Å²) in [5.41, 5.74) is 2.38. The molecule has 3 rings (SSSR count). The van der Waals surface area contributed by atoms with Crippen LogP contribution in [0, 0.1) is 0 Å². The number of hydrogen-bond acceptors (Lipinski definition) is 4. The summed E-state index contributed by atoms with van der Waals surface area (Å²) in [4.78, 5) is 12.4. The summed E-state index contributed by atoms with van der Waals surface area (Å²) < 4.78 is 5.12. The Kier molecular flexibility index (Phi) is 4.47. The van der Waals surface area contributed by atoms with E-state index in [4.69, 9.17) is 4.74 Å². The molecule has 3 aromatic rings. The molecule has 120 valence electrons. The first-order valence-electron chi connectivity index (χ1n) is 7.51. The molecule has 0 radical (unpaired) electrons. The minimum Gasteiger partial charge on any atom is -0.507 e. The molecule has 0 fully saturated rings. The fourth-order valence-corrected chi connectivity index (χ4v) is 2.39. The summed E-state index contributed by atoms with van der Waals surface area (Å²) in [5.74, 6) is 0.513. The number of carbonyl (C=O) groups excluding carboxylic acids is 1. The van der Waals surface area contributed by atoms with Crippen molar-refractivity contribution in [1.29, 1.82) is 0 Å². The van der Waals surface area contributed by atoms with Crippen molar-refractivity contribution in [3.63, 3.8) is 0 Å². The van der Waals surface area contributed by atoms with Gasteiger partial charge in [0.05, 0.1) is 12.7 Å². The minimum absolute atomic E-state index is 0.0534. The van der Waals surface area contributed by atoms with E-state index in [2.05, 4.69) is 5.32 Å². The van der Waals surface area contributed by atoms with Gasteiger partial charge in [-0.2, -0.15) is 0 Å². The number of nitrogens with one attached hydrogen (secondary N) is 1. The van der Waals surface area contributed by atoms with E-state index in [1.54, 1.807) is 49.6 Å². The quantitative estimate of drug-likeness (QED) is 0.685. The maximum atomic E-state index is 12.4. The molecule has 4 nitrogen and oxygen atoms in total. The average molecular weight is 319 g/mol. The fourth-order valence-electron chi connectivity index (χ4n) is 2.39. The predicted octanol–water partition coefficient (Wildman–Crippen LogP) is 4.38. The number of methoxy groups -OCH3 is 1. The van der Waals surface area contributed by atoms with Crippen LogP contribution in [0.1, 0.15) is 15.9 Å². The molecular formula is C20H17NO3. The molecule has 4 heteroatoms. The summed E-state index contributed by atoms with van der Waals surface area (Å²) in [6, 6.07) is 21.3. The molecule has 0 spiro atoms. The lowest BCUT2D eigenvalue weighted by Gasteiger charge is -2.10. The van der Waals surface area contributed by atoms with Gasteiger partial charge in [0.15, 0.2) is 5.78 Å². The van der Waals surface area contributed by atoms with E-state index in [-0.39, 0.29) is 17.1 Å². The first-order chi connectivity index (χ1) is 11.7. The summed E-state index contributed by atoms with van der Waals surface area (Å²) in [6.45, 7) is 0. The number of benzene rings is 3. The Balaban J connectivity index is 1.80. The molecule has 0 bridgehead atoms. The SMILES string of the molecule is COc1ccc(Nc2ccc(C(=O)c3ccccc3)c(O)c2)cc1. The van der Waals surface area contributed by atoms with Crippen LogP contribution in [0.15, 0.2) is 72.8 Å². The molecule has 24 heavy (non-hydrogen) atoms. The Labute approximate surface area is 140 Å². The summed E-state index contributed by atoms with van der Waals surface area (Å²) >= 11 is 0. The molecule has 0 saturated carbocycles. The monoisotopic (exact) mass is 319 g/mol. The van der Waals surface area contributed by atoms with Gasteiger partial charge < -0.3 is 15.2 Å². The van der Waals surface area contributed by atoms with Crippen molar-refractivity contribution in [1.82, 2.24) is 0 Å². The number of phenols is 1. The Morgan fingerprint density at radius 3 is 2.21 bits per heavy atom. The fraction of sp³-hybridized carbons (Fsp3) is 0.0500. The van der Waals surface area contributed by atoms with Crippen LogP contribution in [-0.2, 0) is 0 Å². The van der Waals surface area contributed by atoms with Crippen molar-refractivity contribution >= 4 is 17.2 Å². The van der Waals surface area contributed by atoms with Gasteiger partial charge in [-0.15, -0.1) is 0 Å². The molecule has 0 aliphatic heterocycles. The van der Waals surface area contributed by atoms with Crippen molar-refractivity contribution in [3.8, 4) is 11.5 Å². The first-order valence-corrected chi connectivity index (χ1v) is 7.51. The van der Waals surface area contributed by atoms with E-state index in [9.17, 15) is 9.90 Å². The highest BCUT2D eigenvalue weighted by Crippen LogP contribution is 2.27. The van der Waals surface area contributed by atoms with E-state index in [0.29, 0.717) is 11.3 Å². The Morgan fingerprint density at radius 1 is 0.917 bits per heavy atom. The van der Waals surface area contributed by atoms with Gasteiger partial charge in [-0.25, -0.2) is 0 Å². The molecule has 0 aliphatic carbocycles. The maximum absolute atomic E-state index is 12.4. The van der Waals surface area contributed by atoms with Crippen LogP contribution in [0.4, 0.5) is 11.4 Å². The second-order valence-electron chi connectivity index (χ2n) is 5.28. The Bertz CT molecular complexity index is 843. The molecular weight excluding hydrogens is 302 g/mol. The second kappa shape index (κ2) is 6.87. The number of carbonyl (C=O) groups is 1. The number of ether oxygens (including phenoxy) is 1. The van der Waals surface area contributed by atoms with Gasteiger partial charge in [0.2, 0.25) is 0 Å². The van der Waals surface area contributed by atoms with Gasteiger partial charge in [0, 0.05) is 23.0 Å². The smallest absolute Gasteiger partial charge is 0.196 e. The number of aromatic hydroxyl groups is 1. The highest BCUT2D eigenvalue weighted by Gasteiger charge is 2.13. The molecule has 0 unspecified atom stereocenters. The molecule has 0 aliphatic rings. The molecule has 2 N–H and O–H groups in total. The van der Waals surface area contributed by atoms with Crippen LogP contribution in [0.5, 0.6) is 11.5 Å². The Hall–Kier alpha value is -3.27. The van der Waals surface area contributed by atoms with E-state index in [1.165, 1.54) is 0 Å². The standard InChI is InChI=1S/C20H17NO3/c1-24-17-10-7-15(8-11-17)21-16-9-12-18(19(22)13-16)20(23)14-5-3-2-4-6-14/h2-13,21-22H,1H3. The van der Waals surface area contributed by atoms with E-state index >= 15 is 0 Å². The van der Waals surface area contributed by atoms with Crippen molar-refractivity contribution in [2.24, 2.45) is 0 Å².